The summed E-state index contributed by atoms with van der Waals surface area (Å²) in [7, 11) is -3.99. The van der Waals surface area contributed by atoms with Crippen LogP contribution in [0.25, 0.3) is 0 Å². The van der Waals surface area contributed by atoms with E-state index in [0.717, 1.165) is 12.4 Å². The summed E-state index contributed by atoms with van der Waals surface area (Å²) in [5, 5.41) is 10.7. The summed E-state index contributed by atoms with van der Waals surface area (Å²) in [5.74, 6) is -0.724. The van der Waals surface area contributed by atoms with Crippen molar-refractivity contribution in [1.82, 2.24) is 8.96 Å². The lowest BCUT2D eigenvalue weighted by molar-refractivity contribution is -0.394. The first kappa shape index (κ1) is 12.2. The number of hydrogen-bond donors (Lipinski definition) is 0. The molecule has 0 radical (unpaired) electrons. The second-order valence-electron chi connectivity index (χ2n) is 3.55. The van der Waals surface area contributed by atoms with E-state index in [9.17, 15) is 18.5 Å². The van der Waals surface area contributed by atoms with Crippen molar-refractivity contribution in [3.05, 3.63) is 52.3 Å². The van der Waals surface area contributed by atoms with Crippen LogP contribution in [-0.4, -0.2) is 22.3 Å². The van der Waals surface area contributed by atoms with Gasteiger partial charge in [0.2, 0.25) is 0 Å². The quantitative estimate of drug-likeness (QED) is 0.617. The Morgan fingerprint density at radius 1 is 1.33 bits per heavy atom. The zero-order valence-electron chi connectivity index (χ0n) is 9.35. The number of benzene rings is 1. The number of aryl methyl sites for hydroxylation is 1. The summed E-state index contributed by atoms with van der Waals surface area (Å²) < 4.78 is 25.1. The van der Waals surface area contributed by atoms with E-state index in [2.05, 4.69) is 4.98 Å². The van der Waals surface area contributed by atoms with Gasteiger partial charge >= 0.3 is 16.0 Å². The Balaban J connectivity index is 2.67. The Labute approximate surface area is 103 Å². The van der Waals surface area contributed by atoms with Crippen molar-refractivity contribution in [3.63, 3.8) is 0 Å². The Morgan fingerprint density at radius 3 is 2.61 bits per heavy atom. The molecule has 0 atom stereocenters. The average Bonchev–Trinajstić information content (AvgIpc) is 2.78. The van der Waals surface area contributed by atoms with Gasteiger partial charge in [-0.3, -0.25) is 0 Å². The third-order valence-electron chi connectivity index (χ3n) is 2.38. The number of nitrogens with zero attached hydrogens (tertiary/aromatic N) is 3. The van der Waals surface area contributed by atoms with E-state index in [0.29, 0.717) is 9.54 Å². The van der Waals surface area contributed by atoms with E-state index in [1.54, 1.807) is 25.1 Å². The van der Waals surface area contributed by atoms with Gasteiger partial charge in [0.25, 0.3) is 0 Å². The number of aromatic nitrogens is 2. The van der Waals surface area contributed by atoms with Gasteiger partial charge in [0.1, 0.15) is 17.3 Å². The molecule has 1 aromatic heterocycles. The molecule has 0 aliphatic carbocycles. The van der Waals surface area contributed by atoms with Crippen LogP contribution < -0.4 is 0 Å². The fraction of sp³-hybridized carbons (Fsp3) is 0.100. The highest BCUT2D eigenvalue weighted by molar-refractivity contribution is 7.90. The standard InChI is InChI=1S/C10H9N3O4S/c1-8-4-2-3-5-9(8)18(16,17)12-7-6-11-10(12)13(14)15/h2-7H,1H3. The molecule has 7 nitrogen and oxygen atoms in total. The normalized spacial score (nSPS) is 11.4. The fourth-order valence-electron chi connectivity index (χ4n) is 1.55. The lowest BCUT2D eigenvalue weighted by Gasteiger charge is -2.05. The maximum absolute atomic E-state index is 12.3. The highest BCUT2D eigenvalue weighted by Crippen LogP contribution is 2.21. The van der Waals surface area contributed by atoms with Gasteiger partial charge < -0.3 is 10.1 Å². The fourth-order valence-corrected chi connectivity index (χ4v) is 3.03. The van der Waals surface area contributed by atoms with Gasteiger partial charge in [-0.2, -0.15) is 8.42 Å². The molecule has 0 saturated carbocycles. The Kier molecular flexibility index (Phi) is 2.87. The number of nitro groups is 1. The van der Waals surface area contributed by atoms with E-state index in [4.69, 9.17) is 0 Å². The molecule has 0 N–H and O–H groups in total. The van der Waals surface area contributed by atoms with Crippen LogP contribution in [-0.2, 0) is 10.0 Å². The molecule has 94 valence electrons. The minimum absolute atomic E-state index is 0.0195. The summed E-state index contributed by atoms with van der Waals surface area (Å²) in [4.78, 5) is 13.3. The molecule has 0 aliphatic heterocycles. The first-order chi connectivity index (χ1) is 8.44. The lowest BCUT2D eigenvalue weighted by Crippen LogP contribution is -2.15. The second-order valence-corrected chi connectivity index (χ2v) is 5.33. The smallest absolute Gasteiger partial charge is 0.390 e. The number of hydrogen-bond acceptors (Lipinski definition) is 5. The third kappa shape index (κ3) is 1.86. The second kappa shape index (κ2) is 4.22. The largest absolute Gasteiger partial charge is 0.449 e. The zero-order valence-corrected chi connectivity index (χ0v) is 10.2. The van der Waals surface area contributed by atoms with Crippen LogP contribution in [0.15, 0.2) is 41.6 Å². The minimum atomic E-state index is -3.99. The summed E-state index contributed by atoms with van der Waals surface area (Å²) in [5.41, 5.74) is 0.514. The van der Waals surface area contributed by atoms with Crippen molar-refractivity contribution in [3.8, 4) is 0 Å². The minimum Gasteiger partial charge on any atom is -0.390 e. The number of rotatable bonds is 3. The molecular formula is C10H9N3O4S. The zero-order chi connectivity index (χ0) is 13.3. The third-order valence-corrected chi connectivity index (χ3v) is 4.20. The van der Waals surface area contributed by atoms with Gasteiger partial charge in [-0.25, -0.2) is 0 Å². The van der Waals surface area contributed by atoms with E-state index < -0.39 is 20.9 Å². The molecule has 0 aliphatic rings. The molecule has 1 aromatic carbocycles. The van der Waals surface area contributed by atoms with Gasteiger partial charge in [0, 0.05) is 0 Å². The predicted octanol–water partition coefficient (Wildman–Crippen LogP) is 1.34. The maximum Gasteiger partial charge on any atom is 0.449 e. The van der Waals surface area contributed by atoms with Crippen molar-refractivity contribution >= 4 is 16.0 Å². The Morgan fingerprint density at radius 2 is 2.00 bits per heavy atom. The van der Waals surface area contributed by atoms with Crippen molar-refractivity contribution in [2.45, 2.75) is 11.8 Å². The molecule has 0 bridgehead atoms. The summed E-state index contributed by atoms with van der Waals surface area (Å²) in [6, 6.07) is 6.27. The highest BCUT2D eigenvalue weighted by atomic mass is 32.2. The van der Waals surface area contributed by atoms with Gasteiger partial charge in [0.15, 0.2) is 0 Å². The maximum atomic E-state index is 12.3. The van der Waals surface area contributed by atoms with Crippen molar-refractivity contribution in [1.29, 1.82) is 0 Å². The van der Waals surface area contributed by atoms with Crippen LogP contribution in [0.4, 0.5) is 5.95 Å². The molecule has 8 heteroatoms. The SMILES string of the molecule is Cc1ccccc1S(=O)(=O)n1ccnc1[N+](=O)[O-]. The van der Waals surface area contributed by atoms with Gasteiger partial charge in [0.05, 0.1) is 0 Å². The first-order valence-corrected chi connectivity index (χ1v) is 6.37. The molecule has 0 spiro atoms. The summed E-state index contributed by atoms with van der Waals surface area (Å²) >= 11 is 0. The molecule has 2 aromatic rings. The summed E-state index contributed by atoms with van der Waals surface area (Å²) in [6.07, 6.45) is 2.13. The van der Waals surface area contributed by atoms with Gasteiger partial charge in [-0.15, -0.1) is 3.97 Å². The molecule has 2 rings (SSSR count). The number of imidazole rings is 1. The van der Waals surface area contributed by atoms with Crippen LogP contribution in [0, 0.1) is 17.0 Å². The van der Waals surface area contributed by atoms with Crippen LogP contribution in [0.3, 0.4) is 0 Å². The Hall–Kier alpha value is -2.22. The highest BCUT2D eigenvalue weighted by Gasteiger charge is 2.29. The molecule has 1 heterocycles. The summed E-state index contributed by atoms with van der Waals surface area (Å²) in [6.45, 7) is 1.62. The molecular weight excluding hydrogens is 258 g/mol. The van der Waals surface area contributed by atoms with E-state index >= 15 is 0 Å². The van der Waals surface area contributed by atoms with Crippen molar-refractivity contribution in [2.75, 3.05) is 0 Å². The topological polar surface area (TPSA) is 95.1 Å². The van der Waals surface area contributed by atoms with Gasteiger partial charge in [-0.1, -0.05) is 23.2 Å². The molecule has 0 saturated heterocycles. The van der Waals surface area contributed by atoms with E-state index in [1.807, 2.05) is 0 Å². The van der Waals surface area contributed by atoms with Crippen molar-refractivity contribution in [2.24, 2.45) is 0 Å². The molecule has 0 unspecified atom stereocenters. The lowest BCUT2D eigenvalue weighted by atomic mass is 10.2. The van der Waals surface area contributed by atoms with Crippen LogP contribution >= 0.6 is 0 Å². The van der Waals surface area contributed by atoms with Gasteiger partial charge in [-0.05, 0) is 23.5 Å². The molecule has 0 fully saturated rings. The predicted molar refractivity (Wildman–Crippen MR) is 62.6 cm³/mol. The molecule has 0 amide bonds. The Bertz CT molecular complexity index is 705. The van der Waals surface area contributed by atoms with Crippen LogP contribution in [0.5, 0.6) is 0 Å². The van der Waals surface area contributed by atoms with E-state index in [-0.39, 0.29) is 4.90 Å². The monoisotopic (exact) mass is 267 g/mol. The van der Waals surface area contributed by atoms with Crippen molar-refractivity contribution < 1.29 is 13.3 Å². The van der Waals surface area contributed by atoms with Crippen LogP contribution in [0.1, 0.15) is 5.56 Å². The van der Waals surface area contributed by atoms with E-state index in [1.165, 1.54) is 6.07 Å². The molecule has 18 heavy (non-hydrogen) atoms. The first-order valence-electron chi connectivity index (χ1n) is 4.93. The average molecular weight is 267 g/mol. The van der Waals surface area contributed by atoms with Crippen LogP contribution in [0.2, 0.25) is 0 Å².